The van der Waals surface area contributed by atoms with Crippen LogP contribution in [0.4, 0.5) is 4.79 Å². The molecule has 60 valence electrons. The van der Waals surface area contributed by atoms with Gasteiger partial charge in [-0.05, 0) is 53.9 Å². The number of hydrogen-bond acceptors (Lipinski definition) is 1. The number of carboxylic acid groups (broad SMARTS) is 1. The lowest BCUT2D eigenvalue weighted by Gasteiger charge is -1.97. The van der Waals surface area contributed by atoms with Crippen LogP contribution in [0.5, 0.6) is 0 Å². The van der Waals surface area contributed by atoms with Crippen LogP contribution in [0.1, 0.15) is 0 Å². The quantitative estimate of drug-likeness (QED) is 0.782. The maximum atomic E-state index is 10.5. The molecule has 0 saturated heterocycles. The zero-order valence-electron chi connectivity index (χ0n) is 5.01. The molecule has 3 nitrogen and oxygen atoms in total. The van der Waals surface area contributed by atoms with Gasteiger partial charge in [0.05, 0.1) is 9.08 Å². The average molecular weight is 348 g/mol. The van der Waals surface area contributed by atoms with Crippen LogP contribution in [-0.2, 0) is 0 Å². The Balaban J connectivity index is 3.34. The zero-order chi connectivity index (χ0) is 8.59. The second-order valence-electron chi connectivity index (χ2n) is 1.72. The van der Waals surface area contributed by atoms with Crippen LogP contribution in [-0.4, -0.2) is 15.8 Å². The van der Waals surface area contributed by atoms with Crippen molar-refractivity contribution in [1.82, 2.24) is 4.57 Å². The second kappa shape index (κ2) is 3.28. The van der Waals surface area contributed by atoms with Crippen LogP contribution in [0.25, 0.3) is 0 Å². The predicted octanol–water partition coefficient (Wildman–Crippen LogP) is 3.30. The first kappa shape index (κ1) is 9.28. The molecule has 0 aliphatic rings. The normalized spacial score (nSPS) is 10.1. The molecule has 0 saturated carbocycles. The molecule has 0 aromatic carbocycles. The third-order valence-electron chi connectivity index (χ3n) is 1.04. The Morgan fingerprint density at radius 1 is 1.45 bits per heavy atom. The molecule has 0 bridgehead atoms. The minimum Gasteiger partial charge on any atom is -0.464 e. The van der Waals surface area contributed by atoms with Crippen molar-refractivity contribution in [2.75, 3.05) is 0 Å². The van der Waals surface area contributed by atoms with E-state index in [0.717, 1.165) is 4.57 Å². The highest BCUT2D eigenvalue weighted by Crippen LogP contribution is 2.29. The molecule has 0 aliphatic heterocycles. The molecule has 0 radical (unpaired) electrons. The van der Waals surface area contributed by atoms with Gasteiger partial charge in [-0.1, -0.05) is 0 Å². The van der Waals surface area contributed by atoms with Gasteiger partial charge in [0, 0.05) is 0 Å². The Morgan fingerprint density at radius 2 is 2.00 bits per heavy atom. The SMILES string of the molecule is O=C(O)n1c(Br)cc(Br)c1Br. The van der Waals surface area contributed by atoms with E-state index in [1.54, 1.807) is 6.07 Å². The summed E-state index contributed by atoms with van der Waals surface area (Å²) >= 11 is 9.37. The van der Waals surface area contributed by atoms with Crippen LogP contribution in [0.3, 0.4) is 0 Å². The lowest BCUT2D eigenvalue weighted by molar-refractivity contribution is 0.195. The number of nitrogens with zero attached hydrogens (tertiary/aromatic N) is 1. The molecule has 11 heavy (non-hydrogen) atoms. The molecule has 0 amide bonds. The number of rotatable bonds is 0. The summed E-state index contributed by atoms with van der Waals surface area (Å²) in [5.41, 5.74) is 0. The Kier molecular flexibility index (Phi) is 2.77. The van der Waals surface area contributed by atoms with E-state index in [4.69, 9.17) is 5.11 Å². The maximum Gasteiger partial charge on any atom is 0.417 e. The Labute approximate surface area is 87.8 Å². The van der Waals surface area contributed by atoms with Crippen molar-refractivity contribution in [3.8, 4) is 0 Å². The van der Waals surface area contributed by atoms with Gasteiger partial charge in [0.15, 0.2) is 0 Å². The van der Waals surface area contributed by atoms with Crippen molar-refractivity contribution in [1.29, 1.82) is 0 Å². The van der Waals surface area contributed by atoms with E-state index >= 15 is 0 Å². The lowest BCUT2D eigenvalue weighted by atomic mass is 10.7. The number of carbonyl (C=O) groups is 1. The molecule has 0 spiro atoms. The molecule has 1 heterocycles. The van der Waals surface area contributed by atoms with Crippen molar-refractivity contribution < 1.29 is 9.90 Å². The van der Waals surface area contributed by atoms with E-state index in [-0.39, 0.29) is 0 Å². The molecule has 0 fully saturated rings. The van der Waals surface area contributed by atoms with Gasteiger partial charge in [0.25, 0.3) is 0 Å². The fourth-order valence-electron chi connectivity index (χ4n) is 0.605. The van der Waals surface area contributed by atoms with E-state index in [9.17, 15) is 4.79 Å². The lowest BCUT2D eigenvalue weighted by Crippen LogP contribution is -2.07. The highest BCUT2D eigenvalue weighted by atomic mass is 79.9. The van der Waals surface area contributed by atoms with Crippen LogP contribution in [0.2, 0.25) is 0 Å². The van der Waals surface area contributed by atoms with Gasteiger partial charge in [-0.2, -0.15) is 0 Å². The largest absolute Gasteiger partial charge is 0.464 e. The average Bonchev–Trinajstić information content (AvgIpc) is 2.07. The standard InChI is InChI=1S/C5H2Br3NO2/c6-2-1-3(7)9(4(2)8)5(10)11/h1H,(H,10,11). The van der Waals surface area contributed by atoms with Crippen molar-refractivity contribution in [2.24, 2.45) is 0 Å². The summed E-state index contributed by atoms with van der Waals surface area (Å²) in [4.78, 5) is 10.5. The first-order valence-electron chi connectivity index (χ1n) is 2.49. The molecule has 1 aromatic rings. The van der Waals surface area contributed by atoms with Gasteiger partial charge < -0.3 is 5.11 Å². The van der Waals surface area contributed by atoms with Gasteiger partial charge in [-0.3, -0.25) is 0 Å². The number of aromatic nitrogens is 1. The molecular weight excluding hydrogens is 346 g/mol. The summed E-state index contributed by atoms with van der Waals surface area (Å²) in [7, 11) is 0. The van der Waals surface area contributed by atoms with Crippen LogP contribution in [0.15, 0.2) is 19.7 Å². The van der Waals surface area contributed by atoms with Crippen molar-refractivity contribution in [2.45, 2.75) is 0 Å². The van der Waals surface area contributed by atoms with E-state index in [2.05, 4.69) is 47.8 Å². The van der Waals surface area contributed by atoms with Gasteiger partial charge >= 0.3 is 6.09 Å². The van der Waals surface area contributed by atoms with Gasteiger partial charge in [0.2, 0.25) is 0 Å². The first-order chi connectivity index (χ1) is 5.04. The molecule has 1 rings (SSSR count). The summed E-state index contributed by atoms with van der Waals surface area (Å²) in [6, 6.07) is 1.65. The summed E-state index contributed by atoms with van der Waals surface area (Å²) < 4.78 is 2.75. The minimum atomic E-state index is -1.03. The Bertz CT molecular complexity index is 307. The van der Waals surface area contributed by atoms with Crippen molar-refractivity contribution >= 4 is 53.9 Å². The second-order valence-corrected chi connectivity index (χ2v) is 4.14. The fourth-order valence-corrected chi connectivity index (χ4v) is 2.56. The summed E-state index contributed by atoms with van der Waals surface area (Å²) in [6.07, 6.45) is -1.03. The molecule has 0 aliphatic carbocycles. The Morgan fingerprint density at radius 3 is 2.18 bits per heavy atom. The monoisotopic (exact) mass is 345 g/mol. The van der Waals surface area contributed by atoms with Crippen LogP contribution >= 0.6 is 47.8 Å². The number of hydrogen-bond donors (Lipinski definition) is 1. The minimum absolute atomic E-state index is 0.483. The van der Waals surface area contributed by atoms with Crippen LogP contribution < -0.4 is 0 Å². The molecule has 1 aromatic heterocycles. The summed E-state index contributed by atoms with van der Waals surface area (Å²) in [5, 5.41) is 8.64. The fraction of sp³-hybridized carbons (Fsp3) is 0. The first-order valence-corrected chi connectivity index (χ1v) is 4.87. The maximum absolute atomic E-state index is 10.5. The summed E-state index contributed by atoms with van der Waals surface area (Å²) in [6.45, 7) is 0. The molecular formula is C5H2Br3NO2. The topological polar surface area (TPSA) is 42.2 Å². The van der Waals surface area contributed by atoms with Gasteiger partial charge in [-0.25, -0.2) is 9.36 Å². The molecule has 0 atom stereocenters. The van der Waals surface area contributed by atoms with Gasteiger partial charge in [-0.15, -0.1) is 0 Å². The van der Waals surface area contributed by atoms with E-state index in [1.807, 2.05) is 0 Å². The van der Waals surface area contributed by atoms with Crippen LogP contribution in [0, 0.1) is 0 Å². The predicted molar refractivity (Wildman–Crippen MR) is 51.0 cm³/mol. The van der Waals surface area contributed by atoms with Gasteiger partial charge in [0.1, 0.15) is 4.60 Å². The molecule has 1 N–H and O–H groups in total. The highest BCUT2D eigenvalue weighted by Gasteiger charge is 2.13. The third-order valence-corrected chi connectivity index (χ3v) is 3.55. The van der Waals surface area contributed by atoms with E-state index in [0.29, 0.717) is 13.7 Å². The summed E-state index contributed by atoms with van der Waals surface area (Å²) in [5.74, 6) is 0. The smallest absolute Gasteiger partial charge is 0.417 e. The van der Waals surface area contributed by atoms with E-state index in [1.165, 1.54) is 0 Å². The van der Waals surface area contributed by atoms with Crippen molar-refractivity contribution in [3.05, 3.63) is 19.7 Å². The zero-order valence-corrected chi connectivity index (χ0v) is 9.77. The number of halogens is 3. The Hall–Kier alpha value is 0.190. The molecule has 6 heteroatoms. The highest BCUT2D eigenvalue weighted by molar-refractivity contribution is 9.13. The molecule has 0 unspecified atom stereocenters. The van der Waals surface area contributed by atoms with Crippen molar-refractivity contribution in [3.63, 3.8) is 0 Å². The van der Waals surface area contributed by atoms with E-state index < -0.39 is 6.09 Å². The third kappa shape index (κ3) is 1.68.